The van der Waals surface area contributed by atoms with E-state index < -0.39 is 0 Å². The van der Waals surface area contributed by atoms with Crippen molar-refractivity contribution in [3.05, 3.63) is 30.3 Å². The van der Waals surface area contributed by atoms with Gasteiger partial charge in [0.05, 0.1) is 0 Å². The van der Waals surface area contributed by atoms with E-state index in [9.17, 15) is 9.59 Å². The van der Waals surface area contributed by atoms with Crippen molar-refractivity contribution in [1.29, 1.82) is 0 Å². The topological polar surface area (TPSA) is 40.6 Å². The van der Waals surface area contributed by atoms with Crippen LogP contribution in [-0.2, 0) is 9.59 Å². The summed E-state index contributed by atoms with van der Waals surface area (Å²) in [6.45, 7) is 1.46. The second-order valence-electron chi connectivity index (χ2n) is 7.17. The van der Waals surface area contributed by atoms with Gasteiger partial charge in [-0.25, -0.2) is 0 Å². The molecule has 1 aromatic rings. The molecule has 0 bridgehead atoms. The van der Waals surface area contributed by atoms with Crippen LogP contribution in [0.2, 0.25) is 0 Å². The summed E-state index contributed by atoms with van der Waals surface area (Å²) in [5, 5.41) is 0. The molecule has 2 aliphatic rings. The summed E-state index contributed by atoms with van der Waals surface area (Å²) >= 11 is 0. The third kappa shape index (κ3) is 3.80. The maximum absolute atomic E-state index is 12.7. The zero-order chi connectivity index (χ0) is 16.9. The van der Waals surface area contributed by atoms with Crippen molar-refractivity contribution in [2.45, 2.75) is 44.9 Å². The first-order valence-corrected chi connectivity index (χ1v) is 9.28. The summed E-state index contributed by atoms with van der Waals surface area (Å²) in [5.74, 6) is 0.770. The van der Waals surface area contributed by atoms with E-state index in [0.29, 0.717) is 5.91 Å². The molecule has 3 rings (SSSR count). The summed E-state index contributed by atoms with van der Waals surface area (Å²) in [5.41, 5.74) is 0.934. The first kappa shape index (κ1) is 17.0. The number of hydrogen-bond donors (Lipinski definition) is 0. The molecule has 0 atom stereocenters. The molecule has 1 heterocycles. The van der Waals surface area contributed by atoms with Crippen LogP contribution in [0.4, 0.5) is 5.69 Å². The third-order valence-corrected chi connectivity index (χ3v) is 5.58. The maximum atomic E-state index is 12.7. The SMILES string of the molecule is CN(C(=O)C1CCN(C(=O)C2CCCCC2)CC1)c1ccccc1. The Morgan fingerprint density at radius 1 is 0.917 bits per heavy atom. The summed E-state index contributed by atoms with van der Waals surface area (Å²) in [7, 11) is 1.84. The number of amides is 2. The van der Waals surface area contributed by atoms with E-state index in [2.05, 4.69) is 0 Å². The van der Waals surface area contributed by atoms with Gasteiger partial charge in [0, 0.05) is 37.7 Å². The smallest absolute Gasteiger partial charge is 0.229 e. The van der Waals surface area contributed by atoms with Gasteiger partial charge in [0.1, 0.15) is 0 Å². The summed E-state index contributed by atoms with van der Waals surface area (Å²) in [6, 6.07) is 9.77. The molecule has 4 heteroatoms. The van der Waals surface area contributed by atoms with Crippen LogP contribution in [0.1, 0.15) is 44.9 Å². The number of benzene rings is 1. The molecule has 0 aromatic heterocycles. The number of likely N-dealkylation sites (tertiary alicyclic amines) is 1. The molecule has 0 unspecified atom stereocenters. The molecule has 1 saturated carbocycles. The standard InChI is InChI=1S/C20H28N2O2/c1-21(18-10-6-3-7-11-18)19(23)17-12-14-22(15-13-17)20(24)16-8-4-2-5-9-16/h3,6-7,10-11,16-17H,2,4-5,8-9,12-15H2,1H3. The second kappa shape index (κ2) is 7.82. The van der Waals surface area contributed by atoms with Crippen LogP contribution in [0.5, 0.6) is 0 Å². The molecule has 1 saturated heterocycles. The number of nitrogens with zero attached hydrogens (tertiary/aromatic N) is 2. The highest BCUT2D eigenvalue weighted by molar-refractivity contribution is 5.94. The van der Waals surface area contributed by atoms with Crippen molar-refractivity contribution in [1.82, 2.24) is 4.90 Å². The Morgan fingerprint density at radius 3 is 2.17 bits per heavy atom. The normalized spacial score (nSPS) is 20.0. The van der Waals surface area contributed by atoms with Crippen molar-refractivity contribution >= 4 is 17.5 Å². The fraction of sp³-hybridized carbons (Fsp3) is 0.600. The number of hydrogen-bond acceptors (Lipinski definition) is 2. The molecule has 130 valence electrons. The van der Waals surface area contributed by atoms with E-state index in [0.717, 1.165) is 44.5 Å². The summed E-state index contributed by atoms with van der Waals surface area (Å²) < 4.78 is 0. The Labute approximate surface area is 144 Å². The lowest BCUT2D eigenvalue weighted by Gasteiger charge is -2.35. The fourth-order valence-electron chi connectivity index (χ4n) is 4.01. The van der Waals surface area contributed by atoms with E-state index in [-0.39, 0.29) is 17.7 Å². The number of para-hydroxylation sites is 1. The maximum Gasteiger partial charge on any atom is 0.229 e. The van der Waals surface area contributed by atoms with Crippen LogP contribution in [0.15, 0.2) is 30.3 Å². The predicted molar refractivity (Wildman–Crippen MR) is 95.7 cm³/mol. The molecule has 0 spiro atoms. The number of carbonyl (C=O) groups excluding carboxylic acids is 2. The lowest BCUT2D eigenvalue weighted by Crippen LogP contribution is -2.45. The minimum absolute atomic E-state index is 0.0330. The lowest BCUT2D eigenvalue weighted by molar-refractivity contribution is -0.139. The molecule has 2 amide bonds. The molecule has 0 radical (unpaired) electrons. The van der Waals surface area contributed by atoms with Crippen LogP contribution < -0.4 is 4.90 Å². The average Bonchev–Trinajstić information content (AvgIpc) is 2.68. The van der Waals surface area contributed by atoms with Gasteiger partial charge < -0.3 is 9.80 Å². The van der Waals surface area contributed by atoms with E-state index >= 15 is 0 Å². The fourth-order valence-corrected chi connectivity index (χ4v) is 4.01. The van der Waals surface area contributed by atoms with Gasteiger partial charge in [-0.1, -0.05) is 37.5 Å². The van der Waals surface area contributed by atoms with Gasteiger partial charge in [0.2, 0.25) is 11.8 Å². The largest absolute Gasteiger partial charge is 0.342 e. The van der Waals surface area contributed by atoms with Gasteiger partial charge in [0.25, 0.3) is 0 Å². The molecule has 1 aliphatic carbocycles. The number of carbonyl (C=O) groups is 2. The van der Waals surface area contributed by atoms with Crippen LogP contribution >= 0.6 is 0 Å². The van der Waals surface area contributed by atoms with E-state index in [1.807, 2.05) is 42.3 Å². The Balaban J connectivity index is 1.53. The Hall–Kier alpha value is -1.84. The predicted octanol–water partition coefficient (Wildman–Crippen LogP) is 3.47. The molecule has 4 nitrogen and oxygen atoms in total. The summed E-state index contributed by atoms with van der Waals surface area (Å²) in [4.78, 5) is 29.1. The Kier molecular flexibility index (Phi) is 5.54. The number of piperidine rings is 1. The van der Waals surface area contributed by atoms with Gasteiger partial charge in [-0.3, -0.25) is 9.59 Å². The highest BCUT2D eigenvalue weighted by Crippen LogP contribution is 2.28. The third-order valence-electron chi connectivity index (χ3n) is 5.58. The quantitative estimate of drug-likeness (QED) is 0.852. The van der Waals surface area contributed by atoms with Crippen molar-refractivity contribution in [2.75, 3.05) is 25.0 Å². The van der Waals surface area contributed by atoms with Gasteiger partial charge >= 0.3 is 0 Å². The van der Waals surface area contributed by atoms with Gasteiger partial charge in [-0.15, -0.1) is 0 Å². The van der Waals surface area contributed by atoms with Gasteiger partial charge in [-0.05, 0) is 37.8 Å². The highest BCUT2D eigenvalue weighted by Gasteiger charge is 2.32. The van der Waals surface area contributed by atoms with Crippen molar-refractivity contribution in [3.8, 4) is 0 Å². The minimum Gasteiger partial charge on any atom is -0.342 e. The molecular formula is C20H28N2O2. The molecular weight excluding hydrogens is 300 g/mol. The monoisotopic (exact) mass is 328 g/mol. The van der Waals surface area contributed by atoms with Gasteiger partial charge in [0.15, 0.2) is 0 Å². The van der Waals surface area contributed by atoms with Crippen LogP contribution in [0.3, 0.4) is 0 Å². The molecule has 2 fully saturated rings. The Morgan fingerprint density at radius 2 is 1.54 bits per heavy atom. The number of anilines is 1. The molecule has 0 N–H and O–H groups in total. The van der Waals surface area contributed by atoms with Crippen molar-refractivity contribution < 1.29 is 9.59 Å². The van der Waals surface area contributed by atoms with Crippen molar-refractivity contribution in [2.24, 2.45) is 11.8 Å². The summed E-state index contributed by atoms with van der Waals surface area (Å²) in [6.07, 6.45) is 7.32. The zero-order valence-electron chi connectivity index (χ0n) is 14.6. The molecule has 1 aliphatic heterocycles. The minimum atomic E-state index is 0.0330. The zero-order valence-corrected chi connectivity index (χ0v) is 14.6. The molecule has 1 aromatic carbocycles. The van der Waals surface area contributed by atoms with E-state index in [1.54, 1.807) is 4.90 Å². The van der Waals surface area contributed by atoms with Crippen molar-refractivity contribution in [3.63, 3.8) is 0 Å². The Bertz CT molecular complexity index is 558. The molecule has 24 heavy (non-hydrogen) atoms. The highest BCUT2D eigenvalue weighted by atomic mass is 16.2. The number of rotatable bonds is 3. The van der Waals surface area contributed by atoms with Gasteiger partial charge in [-0.2, -0.15) is 0 Å². The second-order valence-corrected chi connectivity index (χ2v) is 7.17. The first-order valence-electron chi connectivity index (χ1n) is 9.28. The lowest BCUT2D eigenvalue weighted by atomic mass is 9.87. The van der Waals surface area contributed by atoms with Crippen LogP contribution in [-0.4, -0.2) is 36.9 Å². The first-order chi connectivity index (χ1) is 11.7. The van der Waals surface area contributed by atoms with Crippen LogP contribution in [0, 0.1) is 11.8 Å². The van der Waals surface area contributed by atoms with E-state index in [4.69, 9.17) is 0 Å². The van der Waals surface area contributed by atoms with Crippen LogP contribution in [0.25, 0.3) is 0 Å². The average molecular weight is 328 g/mol. The van der Waals surface area contributed by atoms with E-state index in [1.165, 1.54) is 19.3 Å².